The molecule has 2 aromatic heterocycles. The predicted molar refractivity (Wildman–Crippen MR) is 98.8 cm³/mol. The number of rotatable bonds is 6. The Balaban J connectivity index is 2.00. The molecule has 0 spiro atoms. The van der Waals surface area contributed by atoms with E-state index in [-0.39, 0.29) is 5.88 Å². The molecule has 0 fully saturated rings. The number of aromatic nitrogens is 1. The molecule has 3 rings (SSSR count). The average molecular weight is 372 g/mol. The van der Waals surface area contributed by atoms with E-state index in [0.29, 0.717) is 12.3 Å². The van der Waals surface area contributed by atoms with Crippen LogP contribution in [-0.4, -0.2) is 29.5 Å². The highest BCUT2D eigenvalue weighted by atomic mass is 32.1. The Morgan fingerprint density at radius 1 is 1.31 bits per heavy atom. The van der Waals surface area contributed by atoms with Crippen molar-refractivity contribution in [2.45, 2.75) is 6.92 Å². The summed E-state index contributed by atoms with van der Waals surface area (Å²) in [5, 5.41) is 17.1. The Kier molecular flexibility index (Phi) is 5.28. The van der Waals surface area contributed by atoms with Crippen molar-refractivity contribution >= 4 is 23.4 Å². The molecule has 0 N–H and O–H groups in total. The lowest BCUT2D eigenvalue weighted by molar-refractivity contribution is -0.402. The summed E-state index contributed by atoms with van der Waals surface area (Å²) < 4.78 is 12.0. The Morgan fingerprint density at radius 3 is 2.69 bits per heavy atom. The average Bonchev–Trinajstić information content (AvgIpc) is 3.27. The molecule has 0 saturated heterocycles. The third-order valence-corrected chi connectivity index (χ3v) is 4.31. The molecular weight excluding hydrogens is 356 g/mol. The van der Waals surface area contributed by atoms with Gasteiger partial charge in [0.25, 0.3) is 0 Å². The van der Waals surface area contributed by atoms with Gasteiger partial charge in [-0.25, -0.2) is 4.68 Å². The van der Waals surface area contributed by atoms with Crippen LogP contribution in [0.4, 0.5) is 5.88 Å². The molecule has 0 bridgehead atoms. The van der Waals surface area contributed by atoms with Gasteiger partial charge in [0.05, 0.1) is 25.1 Å². The number of hydrogen-bond donors (Lipinski definition) is 0. The molecule has 2 heterocycles. The second-order valence-electron chi connectivity index (χ2n) is 5.10. The Morgan fingerprint density at radius 2 is 2.08 bits per heavy atom. The largest absolute Gasteiger partial charge is 0.497 e. The number of ether oxygens (including phenoxy) is 1. The highest BCUT2D eigenvalue weighted by Crippen LogP contribution is 2.23. The first-order valence-electron chi connectivity index (χ1n) is 7.76. The van der Waals surface area contributed by atoms with Gasteiger partial charge in [-0.1, -0.05) is 0 Å². The van der Waals surface area contributed by atoms with E-state index in [1.165, 1.54) is 29.7 Å². The van der Waals surface area contributed by atoms with Gasteiger partial charge in [-0.3, -0.25) is 15.1 Å². The summed E-state index contributed by atoms with van der Waals surface area (Å²) in [7, 11) is 1.62. The number of furan rings is 1. The molecule has 26 heavy (non-hydrogen) atoms. The lowest BCUT2D eigenvalue weighted by atomic mass is 10.2. The summed E-state index contributed by atoms with van der Waals surface area (Å²) in [6.45, 7) is 2.56. The first-order valence-corrected chi connectivity index (χ1v) is 8.64. The van der Waals surface area contributed by atoms with Crippen LogP contribution in [0.5, 0.6) is 5.75 Å². The van der Waals surface area contributed by atoms with Crippen LogP contribution in [0.15, 0.2) is 56.3 Å². The molecule has 0 aliphatic heterocycles. The predicted octanol–water partition coefficient (Wildman–Crippen LogP) is 3.53. The van der Waals surface area contributed by atoms with Crippen LogP contribution in [0.1, 0.15) is 12.7 Å². The minimum Gasteiger partial charge on any atom is -0.497 e. The van der Waals surface area contributed by atoms with E-state index in [4.69, 9.17) is 9.15 Å². The van der Waals surface area contributed by atoms with Crippen molar-refractivity contribution in [1.29, 1.82) is 0 Å². The number of methoxy groups -OCH3 is 1. The normalized spacial score (nSPS) is 12.0. The zero-order valence-electron chi connectivity index (χ0n) is 14.2. The highest BCUT2D eigenvalue weighted by Gasteiger charge is 2.11. The van der Waals surface area contributed by atoms with Gasteiger partial charge < -0.3 is 9.15 Å². The molecule has 0 aliphatic rings. The van der Waals surface area contributed by atoms with Crippen LogP contribution < -0.4 is 9.54 Å². The second kappa shape index (κ2) is 7.79. The lowest BCUT2D eigenvalue weighted by Gasteiger charge is -2.04. The number of thiazole rings is 1. The van der Waals surface area contributed by atoms with Crippen molar-refractivity contribution < 1.29 is 14.1 Å². The van der Waals surface area contributed by atoms with E-state index < -0.39 is 4.92 Å². The highest BCUT2D eigenvalue weighted by molar-refractivity contribution is 7.07. The summed E-state index contributed by atoms with van der Waals surface area (Å²) in [6, 6.07) is 10.4. The summed E-state index contributed by atoms with van der Waals surface area (Å²) >= 11 is 1.46. The van der Waals surface area contributed by atoms with Gasteiger partial charge in [0, 0.05) is 17.5 Å². The molecule has 0 atom stereocenters. The van der Waals surface area contributed by atoms with Gasteiger partial charge in [-0.15, -0.1) is 11.3 Å². The van der Waals surface area contributed by atoms with Gasteiger partial charge in [0.2, 0.25) is 4.80 Å². The van der Waals surface area contributed by atoms with Crippen LogP contribution >= 0.6 is 11.3 Å². The Bertz CT molecular complexity index is 998. The van der Waals surface area contributed by atoms with E-state index >= 15 is 0 Å². The van der Waals surface area contributed by atoms with Crippen molar-refractivity contribution in [2.75, 3.05) is 13.7 Å². The van der Waals surface area contributed by atoms with Crippen LogP contribution in [-0.2, 0) is 0 Å². The monoisotopic (exact) mass is 372 g/mol. The molecule has 0 radical (unpaired) electrons. The standard InChI is InChI=1S/C17H16N4O4S/c1-3-18-17-20(19-10-14-8-9-16(25-14)21(22)23)15(11-26-17)12-4-6-13(24-2)7-5-12/h4-11H,3H2,1-2H3. The quantitative estimate of drug-likeness (QED) is 0.376. The van der Waals surface area contributed by atoms with Crippen molar-refractivity contribution in [3.63, 3.8) is 0 Å². The number of nitrogens with zero attached hydrogens (tertiary/aromatic N) is 4. The van der Waals surface area contributed by atoms with E-state index in [2.05, 4.69) is 10.1 Å². The fourth-order valence-electron chi connectivity index (χ4n) is 2.24. The molecular formula is C17H16N4O4S. The van der Waals surface area contributed by atoms with E-state index in [0.717, 1.165) is 21.8 Å². The van der Waals surface area contributed by atoms with Crippen LogP contribution in [0.2, 0.25) is 0 Å². The van der Waals surface area contributed by atoms with Gasteiger partial charge >= 0.3 is 5.88 Å². The summed E-state index contributed by atoms with van der Waals surface area (Å²) in [5.41, 5.74) is 1.80. The first-order chi connectivity index (χ1) is 12.6. The van der Waals surface area contributed by atoms with Crippen molar-refractivity contribution in [2.24, 2.45) is 10.1 Å². The summed E-state index contributed by atoms with van der Waals surface area (Å²) in [6.07, 6.45) is 1.43. The minimum atomic E-state index is -0.588. The molecule has 8 nitrogen and oxygen atoms in total. The van der Waals surface area contributed by atoms with Crippen molar-refractivity contribution in [3.8, 4) is 17.0 Å². The smallest absolute Gasteiger partial charge is 0.433 e. The minimum absolute atomic E-state index is 0.290. The third-order valence-electron chi connectivity index (χ3n) is 3.46. The molecule has 0 saturated carbocycles. The maximum atomic E-state index is 10.7. The number of nitro groups is 1. The summed E-state index contributed by atoms with van der Waals surface area (Å²) in [5.74, 6) is 0.731. The molecule has 1 aromatic carbocycles. The van der Waals surface area contributed by atoms with Crippen LogP contribution in [0.25, 0.3) is 11.3 Å². The molecule has 0 amide bonds. The van der Waals surface area contributed by atoms with Gasteiger partial charge in [-0.2, -0.15) is 5.10 Å². The SMILES string of the molecule is CCN=c1scc(-c2ccc(OC)cc2)n1N=Cc1ccc([N+](=O)[O-])o1. The molecule has 9 heteroatoms. The van der Waals surface area contributed by atoms with Crippen LogP contribution in [0.3, 0.4) is 0 Å². The third kappa shape index (κ3) is 3.72. The molecule has 3 aromatic rings. The van der Waals surface area contributed by atoms with E-state index in [9.17, 15) is 10.1 Å². The number of benzene rings is 1. The molecule has 134 valence electrons. The van der Waals surface area contributed by atoms with E-state index in [1.807, 2.05) is 36.6 Å². The fraction of sp³-hybridized carbons (Fsp3) is 0.176. The fourth-order valence-corrected chi connectivity index (χ4v) is 3.14. The summed E-state index contributed by atoms with van der Waals surface area (Å²) in [4.78, 5) is 15.3. The van der Waals surface area contributed by atoms with E-state index in [1.54, 1.807) is 11.8 Å². The van der Waals surface area contributed by atoms with Gasteiger partial charge in [0.15, 0.2) is 5.76 Å². The Labute approximate surface area is 152 Å². The zero-order valence-corrected chi connectivity index (χ0v) is 15.0. The van der Waals surface area contributed by atoms with Crippen LogP contribution in [0, 0.1) is 10.1 Å². The second-order valence-corrected chi connectivity index (χ2v) is 5.93. The van der Waals surface area contributed by atoms with Gasteiger partial charge in [-0.05, 0) is 37.3 Å². The zero-order chi connectivity index (χ0) is 18.5. The van der Waals surface area contributed by atoms with Gasteiger partial charge in [0.1, 0.15) is 10.7 Å². The Hall–Kier alpha value is -3.20. The first kappa shape index (κ1) is 17.6. The topological polar surface area (TPSA) is 95.2 Å². The molecule has 0 aliphatic carbocycles. The maximum Gasteiger partial charge on any atom is 0.433 e. The van der Waals surface area contributed by atoms with Crippen molar-refractivity contribution in [3.05, 3.63) is 62.5 Å². The number of hydrogen-bond acceptors (Lipinski definition) is 7. The van der Waals surface area contributed by atoms with Crippen molar-refractivity contribution in [1.82, 2.24) is 4.68 Å². The lowest BCUT2D eigenvalue weighted by Crippen LogP contribution is -2.12. The maximum absolute atomic E-state index is 10.7. The molecule has 0 unspecified atom stereocenters.